The van der Waals surface area contributed by atoms with Crippen molar-refractivity contribution in [3.05, 3.63) is 107 Å². The number of carbonyl (C=O) groups excluding carboxylic acids is 3. The van der Waals surface area contributed by atoms with Gasteiger partial charge in [0.25, 0.3) is 5.91 Å². The van der Waals surface area contributed by atoms with Crippen molar-refractivity contribution in [2.24, 2.45) is 7.05 Å². The number of amides is 1. The number of amidine groups is 1. The zero-order valence-electron chi connectivity index (χ0n) is 25.5. The third kappa shape index (κ3) is 7.00. The molecule has 0 bridgehead atoms. The number of fused-ring (bicyclic) bond motifs is 1. The number of Topliss-reactive ketones (excluding diaryl/α,β-unsaturated/α-hetero) is 1. The number of imidazole rings is 1. The van der Waals surface area contributed by atoms with Crippen LogP contribution >= 0.6 is 0 Å². The van der Waals surface area contributed by atoms with Gasteiger partial charge in [0, 0.05) is 30.4 Å². The van der Waals surface area contributed by atoms with Gasteiger partial charge < -0.3 is 25.3 Å². The van der Waals surface area contributed by atoms with E-state index in [1.54, 1.807) is 50.2 Å². The lowest BCUT2D eigenvalue weighted by atomic mass is 9.84. The second-order valence-electron chi connectivity index (χ2n) is 10.9. The van der Waals surface area contributed by atoms with Crippen LogP contribution in [-0.4, -0.2) is 58.8 Å². The summed E-state index contributed by atoms with van der Waals surface area (Å²) in [5.41, 5.74) is 3.04. The van der Waals surface area contributed by atoms with E-state index in [9.17, 15) is 14.4 Å². The molecule has 0 fully saturated rings. The molecule has 2 atom stereocenters. The third-order valence-corrected chi connectivity index (χ3v) is 7.90. The van der Waals surface area contributed by atoms with E-state index in [1.807, 2.05) is 60.2 Å². The predicted molar refractivity (Wildman–Crippen MR) is 173 cm³/mol. The molecule has 11 nitrogen and oxygen atoms in total. The number of ketones is 1. The van der Waals surface area contributed by atoms with E-state index < -0.39 is 17.6 Å². The van der Waals surface area contributed by atoms with Gasteiger partial charge in [-0.05, 0) is 67.9 Å². The normalized spacial score (nSPS) is 15.4. The van der Waals surface area contributed by atoms with Crippen LogP contribution in [0.2, 0.25) is 0 Å². The molecule has 3 aromatic carbocycles. The number of hydrogen-bond donors (Lipinski definition) is 5. The first-order valence-electron chi connectivity index (χ1n) is 14.8. The Morgan fingerprint density at radius 1 is 1.07 bits per heavy atom. The van der Waals surface area contributed by atoms with Crippen LogP contribution in [0.5, 0.6) is 0 Å². The fraction of sp³-hybridized carbons (Fsp3) is 0.265. The van der Waals surface area contributed by atoms with E-state index in [-0.39, 0.29) is 30.7 Å². The number of ether oxygens (including phenoxy) is 1. The summed E-state index contributed by atoms with van der Waals surface area (Å²) in [4.78, 5) is 43.1. The van der Waals surface area contributed by atoms with Crippen LogP contribution in [-0.2, 0) is 33.5 Å². The van der Waals surface area contributed by atoms with Crippen LogP contribution in [0.15, 0.2) is 84.9 Å². The van der Waals surface area contributed by atoms with Gasteiger partial charge >= 0.3 is 5.97 Å². The molecule has 1 aliphatic rings. The average molecular weight is 608 g/mol. The molecule has 5 N–H and O–H groups in total. The average Bonchev–Trinajstić information content (AvgIpc) is 3.71. The van der Waals surface area contributed by atoms with Gasteiger partial charge in [0.2, 0.25) is 0 Å². The monoisotopic (exact) mass is 607 g/mol. The number of hydrogen-bond acceptors (Lipinski definition) is 9. The van der Waals surface area contributed by atoms with Crippen LogP contribution in [0.1, 0.15) is 41.2 Å². The Bertz CT molecular complexity index is 1750. The fourth-order valence-electron chi connectivity index (χ4n) is 5.25. The van der Waals surface area contributed by atoms with E-state index in [0.29, 0.717) is 29.8 Å². The second-order valence-corrected chi connectivity index (χ2v) is 10.9. The summed E-state index contributed by atoms with van der Waals surface area (Å²) in [5.74, 6) is -0.0701. The largest absolute Gasteiger partial charge is 0.465 e. The Labute approximate surface area is 261 Å². The Morgan fingerprint density at radius 2 is 1.82 bits per heavy atom. The number of anilines is 1. The van der Waals surface area contributed by atoms with Crippen LogP contribution in [0.4, 0.5) is 5.69 Å². The zero-order chi connectivity index (χ0) is 32.0. The highest BCUT2D eigenvalue weighted by molar-refractivity contribution is 6.11. The molecule has 2 unspecified atom stereocenters. The number of rotatable bonds is 12. The topological polar surface area (TPSA) is 150 Å². The summed E-state index contributed by atoms with van der Waals surface area (Å²) in [5, 5.41) is 20.6. The summed E-state index contributed by atoms with van der Waals surface area (Å²) < 4.78 is 7.08. The smallest absolute Gasteiger partial charge is 0.319 e. The Morgan fingerprint density at radius 3 is 2.51 bits per heavy atom. The maximum atomic E-state index is 13.7. The molecular weight excluding hydrogens is 570 g/mol. The highest BCUT2D eigenvalue weighted by atomic mass is 16.5. The highest BCUT2D eigenvalue weighted by Gasteiger charge is 2.39. The minimum absolute atomic E-state index is 0.0171. The van der Waals surface area contributed by atoms with Gasteiger partial charge in [0.15, 0.2) is 5.78 Å². The van der Waals surface area contributed by atoms with Crippen molar-refractivity contribution in [2.45, 2.75) is 32.0 Å². The zero-order valence-corrected chi connectivity index (χ0v) is 25.5. The van der Waals surface area contributed by atoms with Crippen LogP contribution in [0.3, 0.4) is 0 Å². The van der Waals surface area contributed by atoms with Crippen LogP contribution < -0.4 is 21.3 Å². The summed E-state index contributed by atoms with van der Waals surface area (Å²) in [7, 11) is 1.93. The molecule has 0 radical (unpaired) electrons. The first-order chi connectivity index (χ1) is 21.7. The first-order valence-corrected chi connectivity index (χ1v) is 14.8. The minimum Gasteiger partial charge on any atom is -0.465 e. The first kappa shape index (κ1) is 31.3. The summed E-state index contributed by atoms with van der Waals surface area (Å²) in [6, 6.07) is 21.2. The number of aryl methyl sites for hydroxylation is 1. The Kier molecular flexibility index (Phi) is 9.50. The van der Waals surface area contributed by atoms with Gasteiger partial charge in [0.1, 0.15) is 17.2 Å². The van der Waals surface area contributed by atoms with Gasteiger partial charge in [-0.1, -0.05) is 36.4 Å². The van der Waals surface area contributed by atoms with Crippen molar-refractivity contribution >= 4 is 40.2 Å². The van der Waals surface area contributed by atoms with E-state index in [2.05, 4.69) is 21.3 Å². The minimum atomic E-state index is -1.17. The molecule has 0 spiro atoms. The van der Waals surface area contributed by atoms with E-state index in [1.165, 1.54) is 0 Å². The Balaban J connectivity index is 1.29. The molecule has 5 rings (SSSR count). The van der Waals surface area contributed by atoms with Crippen LogP contribution in [0, 0.1) is 5.41 Å². The van der Waals surface area contributed by atoms with Crippen molar-refractivity contribution in [1.82, 2.24) is 25.5 Å². The summed E-state index contributed by atoms with van der Waals surface area (Å²) in [6.45, 7) is 4.71. The molecular formula is C34H37N7O4. The third-order valence-electron chi connectivity index (χ3n) is 7.90. The highest BCUT2D eigenvalue weighted by Crippen LogP contribution is 2.28. The second kappa shape index (κ2) is 13.7. The number of carbonyl (C=O) groups is 3. The molecule has 11 heteroatoms. The van der Waals surface area contributed by atoms with Crippen molar-refractivity contribution < 1.29 is 19.1 Å². The number of nitrogens with one attached hydrogen (secondary N) is 5. The molecule has 45 heavy (non-hydrogen) atoms. The number of nitrogens with zero attached hydrogens (tertiary/aromatic N) is 2. The molecule has 232 valence electrons. The van der Waals surface area contributed by atoms with E-state index in [0.717, 1.165) is 22.5 Å². The molecule has 0 aliphatic carbocycles. The molecule has 4 aromatic rings. The van der Waals surface area contributed by atoms with Crippen molar-refractivity contribution in [1.29, 1.82) is 5.41 Å². The number of benzene rings is 3. The molecule has 1 aliphatic heterocycles. The van der Waals surface area contributed by atoms with E-state index >= 15 is 0 Å². The number of aromatic nitrogens is 2. The lowest BCUT2D eigenvalue weighted by Crippen LogP contribution is -2.54. The SMILES string of the molecule is CCOC(=O)CNC(C)(C(=O)C1C=CCN1)c1ccc2c(c1)nc(CNc1ccc(C(=N)NC(=O)c3ccccc3)cc1)n2C. The van der Waals surface area contributed by atoms with Gasteiger partial charge in [-0.3, -0.25) is 25.1 Å². The quantitative estimate of drug-likeness (QED) is 0.0712. The van der Waals surface area contributed by atoms with Crippen molar-refractivity contribution in [3.63, 3.8) is 0 Å². The molecule has 1 aromatic heterocycles. The van der Waals surface area contributed by atoms with Gasteiger partial charge in [0.05, 0.1) is 36.8 Å². The van der Waals surface area contributed by atoms with Crippen molar-refractivity contribution in [2.75, 3.05) is 25.0 Å². The maximum Gasteiger partial charge on any atom is 0.319 e. The maximum absolute atomic E-state index is 13.7. The molecule has 1 amide bonds. The predicted octanol–water partition coefficient (Wildman–Crippen LogP) is 3.41. The van der Waals surface area contributed by atoms with Crippen LogP contribution in [0.25, 0.3) is 11.0 Å². The lowest BCUT2D eigenvalue weighted by Gasteiger charge is -2.32. The fourth-order valence-corrected chi connectivity index (χ4v) is 5.25. The standard InChI is InChI=1S/C34H37N7O4/c1-4-45-30(42)21-38-34(2,31(43)26-11-8-18-36-26)24-14-17-28-27(19-24)39-29(41(28)3)20-37-25-15-12-22(13-16-25)32(35)40-33(44)23-9-6-5-7-10-23/h5-17,19,26,36-38H,4,18,20-21H2,1-3H3,(H2,35,40,44). The van der Waals surface area contributed by atoms with Crippen molar-refractivity contribution in [3.8, 4) is 0 Å². The molecule has 0 saturated carbocycles. The van der Waals surface area contributed by atoms with Gasteiger partial charge in [-0.25, -0.2) is 4.98 Å². The summed E-state index contributed by atoms with van der Waals surface area (Å²) >= 11 is 0. The Hall–Kier alpha value is -5.13. The van der Waals surface area contributed by atoms with E-state index in [4.69, 9.17) is 15.1 Å². The number of esters is 1. The van der Waals surface area contributed by atoms with Gasteiger partial charge in [-0.2, -0.15) is 0 Å². The molecule has 2 heterocycles. The van der Waals surface area contributed by atoms with Gasteiger partial charge in [-0.15, -0.1) is 0 Å². The lowest BCUT2D eigenvalue weighted by molar-refractivity contribution is -0.142. The molecule has 0 saturated heterocycles. The summed E-state index contributed by atoms with van der Waals surface area (Å²) in [6.07, 6.45) is 3.75.